The molecule has 1 unspecified atom stereocenters. The van der Waals surface area contributed by atoms with Crippen LogP contribution in [-0.4, -0.2) is 43.9 Å². The average Bonchev–Trinajstić information content (AvgIpc) is 3.22. The van der Waals surface area contributed by atoms with Gasteiger partial charge in [0.15, 0.2) is 0 Å². The molecule has 1 amide bonds. The van der Waals surface area contributed by atoms with E-state index in [0.717, 1.165) is 25.1 Å². The number of anilines is 1. The van der Waals surface area contributed by atoms with Gasteiger partial charge in [0.25, 0.3) is 0 Å². The van der Waals surface area contributed by atoms with Gasteiger partial charge in [-0.3, -0.25) is 4.79 Å². The molecule has 2 aromatic carbocycles. The number of benzene rings is 2. The summed E-state index contributed by atoms with van der Waals surface area (Å²) in [6.07, 6.45) is 2.59. The van der Waals surface area contributed by atoms with E-state index in [0.29, 0.717) is 48.7 Å². The molecule has 1 spiro atoms. The average molecular weight is 461 g/mol. The number of rotatable bonds is 7. The Morgan fingerprint density at radius 1 is 1.31 bits per heavy atom. The smallest absolute Gasteiger partial charge is 0.227 e. The van der Waals surface area contributed by atoms with Crippen LogP contribution in [0, 0.1) is 11.7 Å². The van der Waals surface area contributed by atoms with Crippen molar-refractivity contribution in [1.82, 2.24) is 5.32 Å². The third kappa shape index (κ3) is 5.67. The summed E-state index contributed by atoms with van der Waals surface area (Å²) < 4.78 is 26.5. The van der Waals surface area contributed by atoms with E-state index in [-0.39, 0.29) is 29.3 Å². The highest BCUT2D eigenvalue weighted by atomic mass is 35.5. The van der Waals surface area contributed by atoms with E-state index < -0.39 is 0 Å². The van der Waals surface area contributed by atoms with E-state index in [4.69, 9.17) is 21.1 Å². The van der Waals surface area contributed by atoms with Gasteiger partial charge >= 0.3 is 0 Å². The minimum absolute atomic E-state index is 0.0163. The molecule has 0 bridgehead atoms. The van der Waals surface area contributed by atoms with Gasteiger partial charge in [-0.2, -0.15) is 0 Å². The van der Waals surface area contributed by atoms with Crippen LogP contribution in [0.1, 0.15) is 30.9 Å². The van der Waals surface area contributed by atoms with Crippen LogP contribution in [-0.2, 0) is 27.1 Å². The normalized spacial score (nSPS) is 23.9. The van der Waals surface area contributed by atoms with E-state index in [1.807, 2.05) is 31.2 Å². The predicted molar refractivity (Wildman–Crippen MR) is 124 cm³/mol. The molecule has 4 rings (SSSR count). The molecular weight excluding hydrogens is 431 g/mol. The van der Waals surface area contributed by atoms with Crippen LogP contribution in [0.15, 0.2) is 42.5 Å². The minimum atomic E-state index is -0.309. The second-order valence-electron chi connectivity index (χ2n) is 8.88. The van der Waals surface area contributed by atoms with E-state index in [1.165, 1.54) is 6.07 Å². The Bertz CT molecular complexity index is 931. The molecule has 0 radical (unpaired) electrons. The summed E-state index contributed by atoms with van der Waals surface area (Å²) in [4.78, 5) is 12.8. The highest BCUT2D eigenvalue weighted by Crippen LogP contribution is 2.29. The summed E-state index contributed by atoms with van der Waals surface area (Å²) in [5, 5.41) is 7.03. The van der Waals surface area contributed by atoms with Crippen molar-refractivity contribution in [3.8, 4) is 0 Å². The first-order chi connectivity index (χ1) is 15.4. The summed E-state index contributed by atoms with van der Waals surface area (Å²) in [5.41, 5.74) is 1.82. The number of carbonyl (C=O) groups is 1. The zero-order valence-corrected chi connectivity index (χ0v) is 19.1. The first kappa shape index (κ1) is 23.2. The third-order valence-electron chi connectivity index (χ3n) is 6.30. The van der Waals surface area contributed by atoms with Gasteiger partial charge in [0.05, 0.1) is 12.7 Å². The van der Waals surface area contributed by atoms with E-state index in [1.54, 1.807) is 12.1 Å². The Morgan fingerprint density at radius 3 is 2.88 bits per heavy atom. The zero-order valence-electron chi connectivity index (χ0n) is 18.3. The Labute approximate surface area is 193 Å². The highest BCUT2D eigenvalue weighted by molar-refractivity contribution is 6.30. The number of morpholine rings is 1. The summed E-state index contributed by atoms with van der Waals surface area (Å²) in [5.74, 6) is -0.708. The quantitative estimate of drug-likeness (QED) is 0.644. The Balaban J connectivity index is 1.38. The van der Waals surface area contributed by atoms with Gasteiger partial charge in [-0.25, -0.2) is 4.39 Å². The van der Waals surface area contributed by atoms with Gasteiger partial charge in [0.2, 0.25) is 5.91 Å². The molecule has 0 aliphatic carbocycles. The number of nitrogens with one attached hydrogen (secondary N) is 2. The largest absolute Gasteiger partial charge is 0.378 e. The van der Waals surface area contributed by atoms with Gasteiger partial charge in [0.1, 0.15) is 11.4 Å². The van der Waals surface area contributed by atoms with Crippen LogP contribution in [0.25, 0.3) is 0 Å². The molecule has 2 heterocycles. The fraction of sp³-hybridized carbons (Fsp3) is 0.480. The Kier molecular flexibility index (Phi) is 7.46. The van der Waals surface area contributed by atoms with Gasteiger partial charge in [-0.1, -0.05) is 36.7 Å². The molecule has 2 aromatic rings. The molecule has 2 saturated heterocycles. The first-order valence-electron chi connectivity index (χ1n) is 11.2. The van der Waals surface area contributed by atoms with Gasteiger partial charge < -0.3 is 20.1 Å². The number of hydrogen-bond donors (Lipinski definition) is 2. The summed E-state index contributed by atoms with van der Waals surface area (Å²) in [7, 11) is 0. The van der Waals surface area contributed by atoms with Crippen molar-refractivity contribution < 1.29 is 18.7 Å². The number of halogens is 2. The topological polar surface area (TPSA) is 59.6 Å². The van der Waals surface area contributed by atoms with Gasteiger partial charge in [0, 0.05) is 48.3 Å². The summed E-state index contributed by atoms with van der Waals surface area (Å²) >= 11 is 5.94. The summed E-state index contributed by atoms with van der Waals surface area (Å²) in [6.45, 7) is 4.70. The Morgan fingerprint density at radius 2 is 2.12 bits per heavy atom. The SMILES string of the molecule is C[C@@H](Cc1ccc(Cl)cc1)C(=O)Nc1cccc(F)c1CC[C@@H]1CNCC2(CCOC2)O1. The van der Waals surface area contributed by atoms with E-state index in [9.17, 15) is 9.18 Å². The molecule has 2 fully saturated rings. The molecule has 0 aromatic heterocycles. The van der Waals surface area contributed by atoms with Crippen LogP contribution in [0.3, 0.4) is 0 Å². The van der Waals surface area contributed by atoms with Crippen LogP contribution in [0.4, 0.5) is 10.1 Å². The minimum Gasteiger partial charge on any atom is -0.378 e. The summed E-state index contributed by atoms with van der Waals surface area (Å²) in [6, 6.07) is 12.3. The maximum absolute atomic E-state index is 14.7. The third-order valence-corrected chi connectivity index (χ3v) is 6.55. The fourth-order valence-electron chi connectivity index (χ4n) is 4.44. The molecule has 2 N–H and O–H groups in total. The zero-order chi connectivity index (χ0) is 22.6. The molecule has 0 saturated carbocycles. The van der Waals surface area contributed by atoms with Crippen molar-refractivity contribution >= 4 is 23.2 Å². The molecule has 172 valence electrons. The van der Waals surface area contributed by atoms with Crippen molar-refractivity contribution in [3.05, 3.63) is 64.4 Å². The lowest BCUT2D eigenvalue weighted by molar-refractivity contribution is -0.119. The maximum atomic E-state index is 14.7. The fourth-order valence-corrected chi connectivity index (χ4v) is 4.56. The second kappa shape index (κ2) is 10.3. The van der Waals surface area contributed by atoms with E-state index >= 15 is 0 Å². The van der Waals surface area contributed by atoms with Crippen molar-refractivity contribution in [2.24, 2.45) is 5.92 Å². The molecule has 2 aliphatic rings. The number of amides is 1. The molecule has 3 atom stereocenters. The van der Waals surface area contributed by atoms with Crippen molar-refractivity contribution in [2.75, 3.05) is 31.6 Å². The standard InChI is InChI=1S/C25H30ClFN2O3/c1-17(13-18-5-7-19(26)8-6-18)24(30)29-23-4-2-3-22(27)21(23)10-9-20-14-28-15-25(32-20)11-12-31-16-25/h2-8,17,20,28H,9-16H2,1H3,(H,29,30)/t17-,20+,25?/m0/s1. The van der Waals surface area contributed by atoms with Crippen molar-refractivity contribution in [1.29, 1.82) is 0 Å². The molecule has 5 nitrogen and oxygen atoms in total. The van der Waals surface area contributed by atoms with Crippen LogP contribution in [0.5, 0.6) is 0 Å². The second-order valence-corrected chi connectivity index (χ2v) is 9.32. The molecule has 2 aliphatic heterocycles. The van der Waals surface area contributed by atoms with E-state index in [2.05, 4.69) is 10.6 Å². The predicted octanol–water partition coefficient (Wildman–Crippen LogP) is 4.38. The van der Waals surface area contributed by atoms with Gasteiger partial charge in [-0.15, -0.1) is 0 Å². The van der Waals surface area contributed by atoms with Crippen LogP contribution in [0.2, 0.25) is 5.02 Å². The molecule has 32 heavy (non-hydrogen) atoms. The highest BCUT2D eigenvalue weighted by Gasteiger charge is 2.40. The maximum Gasteiger partial charge on any atom is 0.227 e. The number of carbonyl (C=O) groups excluding carboxylic acids is 1. The monoisotopic (exact) mass is 460 g/mol. The first-order valence-corrected chi connectivity index (χ1v) is 11.6. The van der Waals surface area contributed by atoms with Crippen LogP contribution < -0.4 is 10.6 Å². The number of hydrogen-bond acceptors (Lipinski definition) is 4. The lowest BCUT2D eigenvalue weighted by Crippen LogP contribution is -2.54. The lowest BCUT2D eigenvalue weighted by atomic mass is 9.97. The molecular formula is C25H30ClFN2O3. The van der Waals surface area contributed by atoms with Gasteiger partial charge in [-0.05, 0) is 49.1 Å². The lowest BCUT2D eigenvalue weighted by Gasteiger charge is -2.38. The molecule has 7 heteroatoms. The van der Waals surface area contributed by atoms with Crippen molar-refractivity contribution in [2.45, 2.75) is 44.3 Å². The van der Waals surface area contributed by atoms with Crippen LogP contribution >= 0.6 is 11.6 Å². The Hall–Kier alpha value is -1.99. The number of ether oxygens (including phenoxy) is 2. The van der Waals surface area contributed by atoms with Crippen molar-refractivity contribution in [3.63, 3.8) is 0 Å².